The predicted octanol–water partition coefficient (Wildman–Crippen LogP) is 3.21. The molecule has 0 radical (unpaired) electrons. The van der Waals surface area contributed by atoms with E-state index < -0.39 is 0 Å². The van der Waals surface area contributed by atoms with Crippen molar-refractivity contribution in [2.24, 2.45) is 23.5 Å². The first kappa shape index (κ1) is 17.8. The fraction of sp³-hybridized carbons (Fsp3) is 0.938. The fourth-order valence-corrected chi connectivity index (χ4v) is 3.82. The summed E-state index contributed by atoms with van der Waals surface area (Å²) in [6, 6.07) is 0.292. The van der Waals surface area contributed by atoms with E-state index in [2.05, 4.69) is 18.7 Å². The van der Waals surface area contributed by atoms with Gasteiger partial charge in [0.15, 0.2) is 0 Å². The lowest BCUT2D eigenvalue weighted by Crippen LogP contribution is -2.51. The van der Waals surface area contributed by atoms with Gasteiger partial charge in [0.2, 0.25) is 5.91 Å². The Labute approximate surface area is 130 Å². The third kappa shape index (κ3) is 4.11. The van der Waals surface area contributed by atoms with E-state index in [-0.39, 0.29) is 18.3 Å². The molecule has 2 atom stereocenters. The first-order valence-electron chi connectivity index (χ1n) is 8.16. The van der Waals surface area contributed by atoms with Crippen molar-refractivity contribution in [1.82, 2.24) is 4.90 Å². The van der Waals surface area contributed by atoms with Gasteiger partial charge < -0.3 is 10.6 Å². The summed E-state index contributed by atoms with van der Waals surface area (Å²) in [5.41, 5.74) is 5.87. The van der Waals surface area contributed by atoms with Gasteiger partial charge in [-0.2, -0.15) is 0 Å². The second-order valence-electron chi connectivity index (χ2n) is 6.68. The van der Waals surface area contributed by atoms with Gasteiger partial charge >= 0.3 is 0 Å². The largest absolute Gasteiger partial charge is 0.338 e. The van der Waals surface area contributed by atoms with Gasteiger partial charge in [-0.05, 0) is 50.4 Å². The average molecular weight is 303 g/mol. The summed E-state index contributed by atoms with van der Waals surface area (Å²) < 4.78 is 0. The number of likely N-dealkylation sites (tertiary alicyclic amines) is 1. The van der Waals surface area contributed by atoms with E-state index in [1.165, 1.54) is 19.3 Å². The molecule has 0 aromatic rings. The summed E-state index contributed by atoms with van der Waals surface area (Å²) in [5, 5.41) is 0. The Kier molecular flexibility index (Phi) is 7.32. The lowest BCUT2D eigenvalue weighted by Gasteiger charge is -2.41. The molecule has 1 aliphatic carbocycles. The number of nitrogens with zero attached hydrogens (tertiary/aromatic N) is 1. The molecule has 0 bridgehead atoms. The molecule has 1 saturated carbocycles. The number of carbonyl (C=O) groups is 1. The third-order valence-electron chi connectivity index (χ3n) is 5.31. The van der Waals surface area contributed by atoms with Crippen molar-refractivity contribution in [3.63, 3.8) is 0 Å². The number of hydrogen-bond donors (Lipinski definition) is 1. The SMILES string of the molecule is CCC1CCC(C(=O)N2CCC(C)CC2CN)CC1.Cl. The summed E-state index contributed by atoms with van der Waals surface area (Å²) >= 11 is 0. The van der Waals surface area contributed by atoms with Crippen LogP contribution in [0.4, 0.5) is 0 Å². The highest BCUT2D eigenvalue weighted by molar-refractivity contribution is 5.85. The van der Waals surface area contributed by atoms with Crippen LogP contribution in [0.5, 0.6) is 0 Å². The van der Waals surface area contributed by atoms with Gasteiger partial charge in [-0.25, -0.2) is 0 Å². The van der Waals surface area contributed by atoms with E-state index in [0.717, 1.165) is 38.1 Å². The zero-order valence-electron chi connectivity index (χ0n) is 13.0. The minimum absolute atomic E-state index is 0. The van der Waals surface area contributed by atoms with Crippen molar-refractivity contribution in [2.75, 3.05) is 13.1 Å². The van der Waals surface area contributed by atoms with E-state index >= 15 is 0 Å². The van der Waals surface area contributed by atoms with Crippen LogP contribution in [0.2, 0.25) is 0 Å². The summed E-state index contributed by atoms with van der Waals surface area (Å²) in [6.45, 7) is 6.09. The monoisotopic (exact) mass is 302 g/mol. The molecule has 20 heavy (non-hydrogen) atoms. The average Bonchev–Trinajstić information content (AvgIpc) is 2.46. The van der Waals surface area contributed by atoms with Crippen molar-refractivity contribution in [3.05, 3.63) is 0 Å². The number of rotatable bonds is 3. The number of carbonyl (C=O) groups excluding carboxylic acids is 1. The normalized spacial score (nSPS) is 34.5. The maximum Gasteiger partial charge on any atom is 0.225 e. The number of hydrogen-bond acceptors (Lipinski definition) is 2. The van der Waals surface area contributed by atoms with E-state index in [1.807, 2.05) is 0 Å². The van der Waals surface area contributed by atoms with Crippen molar-refractivity contribution < 1.29 is 4.79 Å². The summed E-state index contributed by atoms with van der Waals surface area (Å²) in [6.07, 6.45) is 8.18. The zero-order chi connectivity index (χ0) is 13.8. The van der Waals surface area contributed by atoms with Crippen LogP contribution in [0.15, 0.2) is 0 Å². The number of nitrogens with two attached hydrogens (primary N) is 1. The van der Waals surface area contributed by atoms with Crippen LogP contribution >= 0.6 is 12.4 Å². The minimum Gasteiger partial charge on any atom is -0.338 e. The molecule has 1 aliphatic heterocycles. The predicted molar refractivity (Wildman–Crippen MR) is 85.9 cm³/mol. The number of piperidine rings is 1. The first-order valence-corrected chi connectivity index (χ1v) is 8.16. The lowest BCUT2D eigenvalue weighted by atomic mass is 9.79. The van der Waals surface area contributed by atoms with E-state index in [9.17, 15) is 4.79 Å². The second kappa shape index (κ2) is 8.23. The highest BCUT2D eigenvalue weighted by Gasteiger charge is 2.34. The van der Waals surface area contributed by atoms with Crippen LogP contribution in [-0.4, -0.2) is 29.9 Å². The Hall–Kier alpha value is -0.280. The van der Waals surface area contributed by atoms with Crippen LogP contribution < -0.4 is 5.73 Å². The maximum absolute atomic E-state index is 12.7. The van der Waals surface area contributed by atoms with Gasteiger partial charge in [0.25, 0.3) is 0 Å². The zero-order valence-corrected chi connectivity index (χ0v) is 13.8. The quantitative estimate of drug-likeness (QED) is 0.870. The fourth-order valence-electron chi connectivity index (χ4n) is 3.82. The minimum atomic E-state index is 0. The molecule has 0 spiro atoms. The van der Waals surface area contributed by atoms with Crippen LogP contribution in [0.25, 0.3) is 0 Å². The molecular formula is C16H31ClN2O. The molecule has 4 heteroatoms. The van der Waals surface area contributed by atoms with Gasteiger partial charge in [0.1, 0.15) is 0 Å². The van der Waals surface area contributed by atoms with Gasteiger partial charge in [-0.3, -0.25) is 4.79 Å². The Morgan fingerprint density at radius 1 is 1.20 bits per heavy atom. The first-order chi connectivity index (χ1) is 9.15. The van der Waals surface area contributed by atoms with E-state index in [4.69, 9.17) is 5.73 Å². The van der Waals surface area contributed by atoms with E-state index in [1.54, 1.807) is 0 Å². The molecule has 118 valence electrons. The van der Waals surface area contributed by atoms with E-state index in [0.29, 0.717) is 24.4 Å². The summed E-state index contributed by atoms with van der Waals surface area (Å²) in [4.78, 5) is 14.8. The Bertz CT molecular complexity index is 303. The highest BCUT2D eigenvalue weighted by atomic mass is 35.5. The van der Waals surface area contributed by atoms with Gasteiger partial charge in [0, 0.05) is 25.0 Å². The molecule has 0 aromatic heterocycles. The smallest absolute Gasteiger partial charge is 0.225 e. The number of amides is 1. The molecule has 2 rings (SSSR count). The standard InChI is InChI=1S/C16H30N2O.ClH/c1-3-13-4-6-14(7-5-13)16(19)18-9-8-12(2)10-15(18)11-17;/h12-15H,3-11,17H2,1-2H3;1H. The van der Waals surface area contributed by atoms with Crippen molar-refractivity contribution in [2.45, 2.75) is 64.8 Å². The molecular weight excluding hydrogens is 272 g/mol. The molecule has 2 N–H and O–H groups in total. The molecule has 2 unspecified atom stereocenters. The van der Waals surface area contributed by atoms with Crippen molar-refractivity contribution in [1.29, 1.82) is 0 Å². The molecule has 1 saturated heterocycles. The number of halogens is 1. The topological polar surface area (TPSA) is 46.3 Å². The Morgan fingerprint density at radius 2 is 1.85 bits per heavy atom. The Balaban J connectivity index is 0.00000200. The van der Waals surface area contributed by atoms with Crippen LogP contribution in [0.3, 0.4) is 0 Å². The van der Waals surface area contributed by atoms with Crippen molar-refractivity contribution in [3.8, 4) is 0 Å². The van der Waals surface area contributed by atoms with Crippen LogP contribution in [0.1, 0.15) is 58.8 Å². The molecule has 1 amide bonds. The van der Waals surface area contributed by atoms with Gasteiger partial charge in [0.05, 0.1) is 0 Å². The molecule has 2 fully saturated rings. The highest BCUT2D eigenvalue weighted by Crippen LogP contribution is 2.33. The van der Waals surface area contributed by atoms with Gasteiger partial charge in [-0.15, -0.1) is 12.4 Å². The van der Waals surface area contributed by atoms with Crippen LogP contribution in [-0.2, 0) is 4.79 Å². The molecule has 1 heterocycles. The van der Waals surface area contributed by atoms with Crippen molar-refractivity contribution >= 4 is 18.3 Å². The summed E-state index contributed by atoms with van der Waals surface area (Å²) in [7, 11) is 0. The van der Waals surface area contributed by atoms with Gasteiger partial charge in [-0.1, -0.05) is 20.3 Å². The summed E-state index contributed by atoms with van der Waals surface area (Å²) in [5.74, 6) is 2.26. The Morgan fingerprint density at radius 3 is 2.40 bits per heavy atom. The molecule has 0 aromatic carbocycles. The van der Waals surface area contributed by atoms with Crippen LogP contribution in [0, 0.1) is 17.8 Å². The molecule has 2 aliphatic rings. The maximum atomic E-state index is 12.7. The third-order valence-corrected chi connectivity index (χ3v) is 5.31. The lowest BCUT2D eigenvalue weighted by molar-refractivity contribution is -0.141. The molecule has 3 nitrogen and oxygen atoms in total. The second-order valence-corrected chi connectivity index (χ2v) is 6.68.